The van der Waals surface area contributed by atoms with Gasteiger partial charge in [0.25, 0.3) is 11.8 Å². The number of imide groups is 1. The summed E-state index contributed by atoms with van der Waals surface area (Å²) >= 11 is 5.93. The Morgan fingerprint density at radius 3 is 2.29 bits per heavy atom. The van der Waals surface area contributed by atoms with E-state index in [2.05, 4.69) is 5.32 Å². The standard InChI is InChI=1S/C16H11ClN2O5/c17-10-2-1-8-4-11-12(5-9(8)3-10)16(24)19(15(11)23)7-13(20)18-6-14(21)22/h1-5H,6-7H2,(H,18,20)(H,21,22). The zero-order valence-electron chi connectivity index (χ0n) is 12.2. The Kier molecular flexibility index (Phi) is 3.94. The lowest BCUT2D eigenvalue weighted by Gasteiger charge is -2.12. The molecule has 24 heavy (non-hydrogen) atoms. The number of hydrogen-bond donors (Lipinski definition) is 2. The predicted octanol–water partition coefficient (Wildman–Crippen LogP) is 1.29. The van der Waals surface area contributed by atoms with Crippen LogP contribution in [0.25, 0.3) is 10.8 Å². The second-order valence-electron chi connectivity index (χ2n) is 5.26. The van der Waals surface area contributed by atoms with E-state index < -0.39 is 36.8 Å². The first kappa shape index (κ1) is 15.9. The van der Waals surface area contributed by atoms with Crippen LogP contribution in [-0.4, -0.2) is 46.8 Å². The van der Waals surface area contributed by atoms with Crippen LogP contribution in [0.5, 0.6) is 0 Å². The van der Waals surface area contributed by atoms with Crippen LogP contribution in [0.1, 0.15) is 20.7 Å². The largest absolute Gasteiger partial charge is 0.480 e. The summed E-state index contributed by atoms with van der Waals surface area (Å²) in [6.45, 7) is -1.11. The zero-order valence-corrected chi connectivity index (χ0v) is 13.0. The second kappa shape index (κ2) is 5.93. The van der Waals surface area contributed by atoms with Crippen molar-refractivity contribution in [1.29, 1.82) is 0 Å². The molecular weight excluding hydrogens is 336 g/mol. The van der Waals surface area contributed by atoms with Crippen molar-refractivity contribution in [1.82, 2.24) is 10.2 Å². The van der Waals surface area contributed by atoms with Gasteiger partial charge in [0.15, 0.2) is 0 Å². The highest BCUT2D eigenvalue weighted by atomic mass is 35.5. The van der Waals surface area contributed by atoms with Gasteiger partial charge in [0.2, 0.25) is 5.91 Å². The van der Waals surface area contributed by atoms with Gasteiger partial charge in [-0.05, 0) is 35.0 Å². The highest BCUT2D eigenvalue weighted by molar-refractivity contribution is 6.31. The van der Waals surface area contributed by atoms with Crippen molar-refractivity contribution >= 4 is 46.1 Å². The number of fused-ring (bicyclic) bond motifs is 2. The van der Waals surface area contributed by atoms with Gasteiger partial charge in [-0.1, -0.05) is 17.7 Å². The first-order valence-electron chi connectivity index (χ1n) is 6.95. The first-order valence-corrected chi connectivity index (χ1v) is 7.32. The third kappa shape index (κ3) is 2.81. The molecule has 3 amide bonds. The molecule has 0 radical (unpaired) electrons. The molecule has 1 aliphatic rings. The van der Waals surface area contributed by atoms with E-state index in [1.807, 2.05) is 0 Å². The number of carbonyl (C=O) groups excluding carboxylic acids is 3. The second-order valence-corrected chi connectivity index (χ2v) is 5.69. The van der Waals surface area contributed by atoms with Crippen LogP contribution >= 0.6 is 11.6 Å². The topological polar surface area (TPSA) is 104 Å². The highest BCUT2D eigenvalue weighted by Gasteiger charge is 2.36. The van der Waals surface area contributed by atoms with Gasteiger partial charge in [-0.2, -0.15) is 0 Å². The number of carboxylic acid groups (broad SMARTS) is 1. The van der Waals surface area contributed by atoms with Crippen molar-refractivity contribution < 1.29 is 24.3 Å². The molecule has 0 aromatic heterocycles. The normalized spacial score (nSPS) is 13.3. The maximum atomic E-state index is 12.4. The number of amides is 3. The maximum absolute atomic E-state index is 12.4. The van der Waals surface area contributed by atoms with Crippen molar-refractivity contribution in [3.63, 3.8) is 0 Å². The third-order valence-electron chi connectivity index (χ3n) is 3.63. The van der Waals surface area contributed by atoms with Crippen molar-refractivity contribution in [2.75, 3.05) is 13.1 Å². The fourth-order valence-corrected chi connectivity index (χ4v) is 2.70. The lowest BCUT2D eigenvalue weighted by molar-refractivity contribution is -0.137. The van der Waals surface area contributed by atoms with E-state index >= 15 is 0 Å². The van der Waals surface area contributed by atoms with E-state index in [9.17, 15) is 19.2 Å². The number of carbonyl (C=O) groups is 4. The molecule has 7 nitrogen and oxygen atoms in total. The summed E-state index contributed by atoms with van der Waals surface area (Å²) < 4.78 is 0. The summed E-state index contributed by atoms with van der Waals surface area (Å²) in [5, 5.41) is 12.6. The molecule has 1 aliphatic heterocycles. The third-order valence-corrected chi connectivity index (χ3v) is 3.86. The van der Waals surface area contributed by atoms with Gasteiger partial charge in [0.05, 0.1) is 11.1 Å². The Labute approximate surface area is 140 Å². The molecule has 0 bridgehead atoms. The van der Waals surface area contributed by atoms with Crippen molar-refractivity contribution in [2.24, 2.45) is 0 Å². The van der Waals surface area contributed by atoms with Gasteiger partial charge in [0.1, 0.15) is 13.1 Å². The molecule has 2 N–H and O–H groups in total. The Morgan fingerprint density at radius 2 is 1.67 bits per heavy atom. The predicted molar refractivity (Wildman–Crippen MR) is 85.0 cm³/mol. The molecule has 2 aromatic carbocycles. The molecule has 1 heterocycles. The summed E-state index contributed by atoms with van der Waals surface area (Å²) in [5.41, 5.74) is 0.404. The number of nitrogens with zero attached hydrogens (tertiary/aromatic N) is 1. The van der Waals surface area contributed by atoms with Gasteiger partial charge < -0.3 is 10.4 Å². The van der Waals surface area contributed by atoms with E-state index in [1.165, 1.54) is 0 Å². The van der Waals surface area contributed by atoms with Crippen LogP contribution in [0, 0.1) is 0 Å². The summed E-state index contributed by atoms with van der Waals surface area (Å²) in [7, 11) is 0. The Bertz CT molecular complexity index is 909. The van der Waals surface area contributed by atoms with Crippen LogP contribution in [-0.2, 0) is 9.59 Å². The lowest BCUT2D eigenvalue weighted by Crippen LogP contribution is -2.41. The van der Waals surface area contributed by atoms with Gasteiger partial charge in [-0.25, -0.2) is 0 Å². The molecule has 0 atom stereocenters. The first-order chi connectivity index (χ1) is 11.4. The van der Waals surface area contributed by atoms with E-state index in [-0.39, 0.29) is 11.1 Å². The maximum Gasteiger partial charge on any atom is 0.322 e. The van der Waals surface area contributed by atoms with E-state index in [1.54, 1.807) is 30.3 Å². The minimum Gasteiger partial charge on any atom is -0.480 e. The fourth-order valence-electron chi connectivity index (χ4n) is 2.52. The van der Waals surface area contributed by atoms with Crippen LogP contribution < -0.4 is 5.32 Å². The van der Waals surface area contributed by atoms with Crippen molar-refractivity contribution in [2.45, 2.75) is 0 Å². The average Bonchev–Trinajstić information content (AvgIpc) is 2.75. The minimum atomic E-state index is -1.21. The number of aliphatic carboxylic acids is 1. The summed E-state index contributed by atoms with van der Waals surface area (Å²) in [5.74, 6) is -3.12. The molecular formula is C16H11ClN2O5. The number of carboxylic acids is 1. The fraction of sp³-hybridized carbons (Fsp3) is 0.125. The molecule has 0 unspecified atom stereocenters. The summed E-state index contributed by atoms with van der Waals surface area (Å²) in [6, 6.07) is 8.23. The van der Waals surface area contributed by atoms with Gasteiger partial charge in [-0.15, -0.1) is 0 Å². The van der Waals surface area contributed by atoms with Gasteiger partial charge >= 0.3 is 5.97 Å². The zero-order chi connectivity index (χ0) is 17.4. The van der Waals surface area contributed by atoms with Gasteiger partial charge in [0, 0.05) is 5.02 Å². The Morgan fingerprint density at radius 1 is 1.04 bits per heavy atom. The molecule has 0 saturated heterocycles. The molecule has 122 valence electrons. The molecule has 0 aliphatic carbocycles. The van der Waals surface area contributed by atoms with Crippen LogP contribution in [0.4, 0.5) is 0 Å². The Hall–Kier alpha value is -2.93. The Balaban J connectivity index is 1.89. The van der Waals surface area contributed by atoms with Crippen molar-refractivity contribution in [3.8, 4) is 0 Å². The molecule has 3 rings (SSSR count). The highest BCUT2D eigenvalue weighted by Crippen LogP contribution is 2.29. The quantitative estimate of drug-likeness (QED) is 0.812. The van der Waals surface area contributed by atoms with Crippen LogP contribution in [0.2, 0.25) is 5.02 Å². The summed E-state index contributed by atoms with van der Waals surface area (Å²) in [4.78, 5) is 47.7. The average molecular weight is 347 g/mol. The van der Waals surface area contributed by atoms with E-state index in [4.69, 9.17) is 16.7 Å². The monoisotopic (exact) mass is 346 g/mol. The smallest absolute Gasteiger partial charge is 0.322 e. The SMILES string of the molecule is O=C(O)CNC(=O)CN1C(=O)c2cc3ccc(Cl)cc3cc2C1=O. The number of benzene rings is 2. The number of halogens is 1. The summed E-state index contributed by atoms with van der Waals surface area (Å²) in [6.07, 6.45) is 0. The molecule has 0 saturated carbocycles. The number of nitrogens with one attached hydrogen (secondary N) is 1. The number of hydrogen-bond acceptors (Lipinski definition) is 4. The van der Waals surface area contributed by atoms with E-state index in [0.717, 1.165) is 10.3 Å². The molecule has 2 aromatic rings. The minimum absolute atomic E-state index is 0.195. The van der Waals surface area contributed by atoms with Crippen molar-refractivity contribution in [3.05, 3.63) is 46.5 Å². The van der Waals surface area contributed by atoms with Crippen LogP contribution in [0.3, 0.4) is 0 Å². The molecule has 0 spiro atoms. The van der Waals surface area contributed by atoms with E-state index in [0.29, 0.717) is 10.4 Å². The lowest BCUT2D eigenvalue weighted by atomic mass is 10.0. The van der Waals surface area contributed by atoms with Gasteiger partial charge in [-0.3, -0.25) is 24.1 Å². The number of rotatable bonds is 4. The molecule has 8 heteroatoms. The molecule has 0 fully saturated rings. The van der Waals surface area contributed by atoms with Crippen LogP contribution in [0.15, 0.2) is 30.3 Å².